The van der Waals surface area contributed by atoms with Gasteiger partial charge in [0.15, 0.2) is 5.69 Å². The Kier molecular flexibility index (Phi) is 5.42. The summed E-state index contributed by atoms with van der Waals surface area (Å²) < 4.78 is 3.26. The molecule has 25 heavy (non-hydrogen) atoms. The van der Waals surface area contributed by atoms with Crippen LogP contribution in [0, 0.1) is 4.91 Å². The number of aromatic amines is 1. The highest BCUT2D eigenvalue weighted by molar-refractivity contribution is 7.97. The monoisotopic (exact) mass is 355 g/mol. The van der Waals surface area contributed by atoms with Crippen LogP contribution in [0.2, 0.25) is 0 Å². The van der Waals surface area contributed by atoms with Crippen LogP contribution in [0.5, 0.6) is 5.88 Å². The van der Waals surface area contributed by atoms with Gasteiger partial charge < -0.3 is 10.1 Å². The van der Waals surface area contributed by atoms with Gasteiger partial charge in [0.25, 0.3) is 0 Å². The van der Waals surface area contributed by atoms with Gasteiger partial charge in [-0.05, 0) is 53.9 Å². The molecule has 0 fully saturated rings. The zero-order chi connectivity index (χ0) is 17.6. The third kappa shape index (κ3) is 3.86. The predicted octanol–water partition coefficient (Wildman–Crippen LogP) is 5.69. The Labute approximate surface area is 148 Å². The molecule has 0 aliphatic rings. The highest BCUT2D eigenvalue weighted by Gasteiger charge is 2.12. The molecule has 0 saturated heterocycles. The number of benzene rings is 2. The van der Waals surface area contributed by atoms with Crippen LogP contribution in [0.3, 0.4) is 0 Å². The fourth-order valence-corrected chi connectivity index (χ4v) is 3.06. The smallest absolute Gasteiger partial charge is 0.218 e. The summed E-state index contributed by atoms with van der Waals surface area (Å²) in [4.78, 5) is 14.7. The van der Waals surface area contributed by atoms with Crippen molar-refractivity contribution in [2.24, 2.45) is 15.4 Å². The third-order valence-electron chi connectivity index (χ3n) is 3.50. The van der Waals surface area contributed by atoms with Crippen LogP contribution in [0.4, 0.5) is 17.1 Å². The van der Waals surface area contributed by atoms with Gasteiger partial charge in [-0.3, -0.25) is 4.72 Å². The molecule has 3 rings (SSSR count). The van der Waals surface area contributed by atoms with Gasteiger partial charge >= 0.3 is 0 Å². The molecule has 3 N–H and O–H groups in total. The summed E-state index contributed by atoms with van der Waals surface area (Å²) in [5.41, 5.74) is 1.63. The van der Waals surface area contributed by atoms with E-state index >= 15 is 0 Å². The summed E-state index contributed by atoms with van der Waals surface area (Å²) in [7, 11) is 0. The van der Waals surface area contributed by atoms with Crippen molar-refractivity contribution in [3.05, 3.63) is 47.4 Å². The normalized spacial score (nSPS) is 11.4. The molecule has 1 aromatic heterocycles. The highest BCUT2D eigenvalue weighted by Crippen LogP contribution is 2.38. The van der Waals surface area contributed by atoms with Gasteiger partial charge in [-0.1, -0.05) is 19.1 Å². The minimum atomic E-state index is -0.0704. The first-order chi connectivity index (χ1) is 12.2. The molecule has 128 valence electrons. The van der Waals surface area contributed by atoms with E-state index in [4.69, 9.17) is 0 Å². The van der Waals surface area contributed by atoms with E-state index in [0.29, 0.717) is 11.4 Å². The van der Waals surface area contributed by atoms with E-state index in [-0.39, 0.29) is 11.6 Å². The molecule has 2 aromatic carbocycles. The molecule has 0 aliphatic carbocycles. The molecule has 7 nitrogen and oxygen atoms in total. The number of aromatic hydroxyl groups is 1. The molecular formula is C17H17N5O2S. The highest BCUT2D eigenvalue weighted by atomic mass is 32.2. The molecule has 0 radical (unpaired) electrons. The summed E-state index contributed by atoms with van der Waals surface area (Å²) in [6.07, 6.45) is 1.05. The first-order valence-electron chi connectivity index (χ1n) is 7.81. The number of hydrogen-bond donors (Lipinski definition) is 3. The van der Waals surface area contributed by atoms with Crippen LogP contribution in [-0.4, -0.2) is 16.6 Å². The molecule has 0 aliphatic heterocycles. The molecular weight excluding hydrogens is 338 g/mol. The molecule has 0 spiro atoms. The second-order valence-corrected chi connectivity index (χ2v) is 6.27. The summed E-state index contributed by atoms with van der Waals surface area (Å²) in [5.74, 6) is -0.0704. The summed E-state index contributed by atoms with van der Waals surface area (Å²) >= 11 is 1.52. The summed E-state index contributed by atoms with van der Waals surface area (Å²) in [6.45, 7) is 3.01. The fourth-order valence-electron chi connectivity index (χ4n) is 2.27. The van der Waals surface area contributed by atoms with Crippen LogP contribution in [0.25, 0.3) is 10.9 Å². The van der Waals surface area contributed by atoms with Crippen molar-refractivity contribution in [2.75, 3.05) is 6.54 Å². The molecule has 8 heteroatoms. The lowest BCUT2D eigenvalue weighted by Crippen LogP contribution is -2.02. The van der Waals surface area contributed by atoms with E-state index in [1.54, 1.807) is 24.3 Å². The number of nitrogens with one attached hydrogen (secondary N) is 2. The lowest BCUT2D eigenvalue weighted by Gasteiger charge is -2.02. The van der Waals surface area contributed by atoms with Gasteiger partial charge in [-0.25, -0.2) is 0 Å². The number of aromatic nitrogens is 1. The van der Waals surface area contributed by atoms with E-state index in [9.17, 15) is 10.0 Å². The molecule has 3 aromatic rings. The van der Waals surface area contributed by atoms with Crippen molar-refractivity contribution in [3.63, 3.8) is 0 Å². The van der Waals surface area contributed by atoms with Gasteiger partial charge in [0, 0.05) is 16.8 Å². The average molecular weight is 355 g/mol. The number of rotatable bonds is 7. The number of azo groups is 1. The van der Waals surface area contributed by atoms with Crippen molar-refractivity contribution < 1.29 is 5.11 Å². The zero-order valence-electron chi connectivity index (χ0n) is 13.6. The van der Waals surface area contributed by atoms with Gasteiger partial charge in [0.1, 0.15) is 11.4 Å². The Morgan fingerprint density at radius 1 is 1.16 bits per heavy atom. The number of fused-ring (bicyclic) bond motifs is 1. The fraction of sp³-hybridized carbons (Fsp3) is 0.176. The third-order valence-corrected chi connectivity index (χ3v) is 4.34. The van der Waals surface area contributed by atoms with E-state index < -0.39 is 0 Å². The quantitative estimate of drug-likeness (QED) is 0.219. The Balaban J connectivity index is 1.94. The molecule has 0 bridgehead atoms. The standard InChI is InChI=1S/C17H17N5O2S/c1-2-9-18-25-11-7-8-13-12(10-11)16(17(23)19-13)21-20-14-5-3-4-6-15(14)22-24/h3-8,10,18-19,23H,2,9H2,1H3. The van der Waals surface area contributed by atoms with Crippen LogP contribution in [0.1, 0.15) is 13.3 Å². The molecule has 0 saturated carbocycles. The Morgan fingerprint density at radius 2 is 1.96 bits per heavy atom. The Hall–Kier alpha value is -2.71. The lowest BCUT2D eigenvalue weighted by atomic mass is 10.2. The Bertz CT molecular complexity index is 923. The number of hydrogen-bond acceptors (Lipinski definition) is 7. The van der Waals surface area contributed by atoms with Crippen molar-refractivity contribution in [1.82, 2.24) is 9.71 Å². The summed E-state index contributed by atoms with van der Waals surface area (Å²) in [6, 6.07) is 12.4. The van der Waals surface area contributed by atoms with E-state index in [1.807, 2.05) is 18.2 Å². The topological polar surface area (TPSA) is 102 Å². The van der Waals surface area contributed by atoms with Crippen molar-refractivity contribution >= 4 is 39.9 Å². The average Bonchev–Trinajstić information content (AvgIpc) is 2.95. The maximum Gasteiger partial charge on any atom is 0.218 e. The number of H-pyrrole nitrogens is 1. The molecule has 1 heterocycles. The Morgan fingerprint density at radius 3 is 2.72 bits per heavy atom. The zero-order valence-corrected chi connectivity index (χ0v) is 14.4. The van der Waals surface area contributed by atoms with Crippen molar-refractivity contribution in [1.29, 1.82) is 0 Å². The number of nitrogens with zero attached hydrogens (tertiary/aromatic N) is 3. The number of nitroso groups, excluding NO2 is 1. The van der Waals surface area contributed by atoms with Crippen LogP contribution >= 0.6 is 11.9 Å². The van der Waals surface area contributed by atoms with Crippen LogP contribution < -0.4 is 4.72 Å². The minimum absolute atomic E-state index is 0.0704. The van der Waals surface area contributed by atoms with Crippen molar-refractivity contribution in [3.8, 4) is 5.88 Å². The van der Waals surface area contributed by atoms with E-state index in [0.717, 1.165) is 28.8 Å². The van der Waals surface area contributed by atoms with Gasteiger partial charge in [-0.15, -0.1) is 15.1 Å². The molecule has 0 amide bonds. The minimum Gasteiger partial charge on any atom is -0.493 e. The second-order valence-electron chi connectivity index (χ2n) is 5.31. The van der Waals surface area contributed by atoms with Gasteiger partial charge in [0.2, 0.25) is 5.88 Å². The maximum absolute atomic E-state index is 10.8. The van der Waals surface area contributed by atoms with Gasteiger partial charge in [0.05, 0.1) is 5.52 Å². The predicted molar refractivity (Wildman–Crippen MR) is 100 cm³/mol. The van der Waals surface area contributed by atoms with E-state index in [2.05, 4.69) is 32.0 Å². The van der Waals surface area contributed by atoms with E-state index in [1.165, 1.54) is 11.9 Å². The SMILES string of the molecule is CCCNSc1ccc2[nH]c(O)c(N=Nc3ccccc3N=O)c2c1. The first kappa shape index (κ1) is 17.1. The largest absolute Gasteiger partial charge is 0.493 e. The summed E-state index contributed by atoms with van der Waals surface area (Å²) in [5, 5.41) is 22.0. The second kappa shape index (κ2) is 7.91. The molecule has 0 atom stereocenters. The van der Waals surface area contributed by atoms with Crippen molar-refractivity contribution in [2.45, 2.75) is 18.2 Å². The lowest BCUT2D eigenvalue weighted by molar-refractivity contribution is 0.459. The van der Waals surface area contributed by atoms with Crippen LogP contribution in [-0.2, 0) is 0 Å². The first-order valence-corrected chi connectivity index (χ1v) is 8.63. The van der Waals surface area contributed by atoms with Crippen LogP contribution in [0.15, 0.2) is 62.8 Å². The molecule has 0 unspecified atom stereocenters. The maximum atomic E-state index is 10.8. The van der Waals surface area contributed by atoms with Gasteiger partial charge in [-0.2, -0.15) is 0 Å².